The number of hydrogen-bond donors (Lipinski definition) is 3. The summed E-state index contributed by atoms with van der Waals surface area (Å²) in [5.41, 5.74) is 4.51. The maximum atomic E-state index is 13.7. The molecule has 0 atom stereocenters. The monoisotopic (exact) mass is 448 g/mol. The Morgan fingerprint density at radius 2 is 1.73 bits per heavy atom. The highest BCUT2D eigenvalue weighted by Crippen LogP contribution is 2.42. The zero-order valence-electron chi connectivity index (χ0n) is 16.8. The molecule has 0 spiro atoms. The van der Waals surface area contributed by atoms with E-state index < -0.39 is 23.0 Å². The summed E-state index contributed by atoms with van der Waals surface area (Å²) >= 11 is 0. The van der Waals surface area contributed by atoms with Crippen molar-refractivity contribution in [1.82, 2.24) is 15.0 Å². The van der Waals surface area contributed by atoms with Gasteiger partial charge in [-0.1, -0.05) is 24.3 Å². The molecule has 0 aliphatic rings. The summed E-state index contributed by atoms with van der Waals surface area (Å²) in [6.45, 7) is 0. The number of aromatic hydroxyl groups is 1. The fourth-order valence-electron chi connectivity index (χ4n) is 3.90. The second-order valence-electron chi connectivity index (χ2n) is 7.50. The van der Waals surface area contributed by atoms with Crippen LogP contribution >= 0.6 is 0 Å². The summed E-state index contributed by atoms with van der Waals surface area (Å²) in [4.78, 5) is 23.8. The summed E-state index contributed by atoms with van der Waals surface area (Å²) in [5, 5.41) is 12.3. The van der Waals surface area contributed by atoms with Gasteiger partial charge in [0.05, 0.1) is 16.6 Å². The third-order valence-corrected chi connectivity index (χ3v) is 5.46. The first-order valence-corrected chi connectivity index (χ1v) is 9.79. The molecule has 6 nitrogen and oxygen atoms in total. The zero-order valence-corrected chi connectivity index (χ0v) is 16.8. The standard InChI is InChI=1S/C24H15F3N4O2/c25-24(26,27)14-7-16(13-5-6-19(28)30-10-13)21-17(8-14)22(32)20(23(33)31-21)18-11-29-9-12-3-1-2-4-15(12)18/h1-11H,(H2,28,30)(H2,31,32,33). The third kappa shape index (κ3) is 3.43. The number of rotatable bonds is 2. The van der Waals surface area contributed by atoms with Gasteiger partial charge in [-0.25, -0.2) is 4.98 Å². The number of H-pyrrole nitrogens is 1. The van der Waals surface area contributed by atoms with E-state index in [2.05, 4.69) is 15.0 Å². The lowest BCUT2D eigenvalue weighted by Gasteiger charge is -2.15. The lowest BCUT2D eigenvalue weighted by Crippen LogP contribution is -2.12. The molecule has 3 heterocycles. The van der Waals surface area contributed by atoms with Gasteiger partial charge in [-0.2, -0.15) is 13.2 Å². The lowest BCUT2D eigenvalue weighted by molar-refractivity contribution is -0.137. The molecule has 5 aromatic rings. The lowest BCUT2D eigenvalue weighted by atomic mass is 9.95. The normalized spacial score (nSPS) is 11.8. The van der Waals surface area contributed by atoms with Crippen LogP contribution in [0.4, 0.5) is 19.0 Å². The van der Waals surface area contributed by atoms with Crippen molar-refractivity contribution >= 4 is 27.5 Å². The SMILES string of the molecule is Nc1ccc(-c2cc(C(F)(F)F)cc3c(O)c(-c4cncc5ccccc45)c(=O)[nH]c23)cn1. The number of hydrogen-bond acceptors (Lipinski definition) is 5. The van der Waals surface area contributed by atoms with E-state index in [4.69, 9.17) is 5.73 Å². The summed E-state index contributed by atoms with van der Waals surface area (Å²) in [5.74, 6) is -0.375. The largest absolute Gasteiger partial charge is 0.506 e. The van der Waals surface area contributed by atoms with E-state index in [0.29, 0.717) is 21.9 Å². The highest BCUT2D eigenvalue weighted by atomic mass is 19.4. The zero-order chi connectivity index (χ0) is 23.3. The Bertz CT molecular complexity index is 1590. The van der Waals surface area contributed by atoms with Crippen molar-refractivity contribution < 1.29 is 18.3 Å². The second-order valence-corrected chi connectivity index (χ2v) is 7.50. The molecule has 0 aliphatic heterocycles. The van der Waals surface area contributed by atoms with Gasteiger partial charge in [0.15, 0.2) is 0 Å². The van der Waals surface area contributed by atoms with Crippen molar-refractivity contribution in [2.45, 2.75) is 6.18 Å². The van der Waals surface area contributed by atoms with E-state index in [0.717, 1.165) is 12.1 Å². The molecule has 0 saturated carbocycles. The van der Waals surface area contributed by atoms with Crippen LogP contribution in [0.2, 0.25) is 0 Å². The van der Waals surface area contributed by atoms with E-state index in [1.54, 1.807) is 30.5 Å². The minimum absolute atomic E-state index is 0.0500. The van der Waals surface area contributed by atoms with Crippen molar-refractivity contribution in [2.75, 3.05) is 5.73 Å². The molecule has 33 heavy (non-hydrogen) atoms. The fraction of sp³-hybridized carbons (Fsp3) is 0.0417. The number of pyridine rings is 3. The van der Waals surface area contributed by atoms with Crippen LogP contribution in [0.5, 0.6) is 5.75 Å². The molecule has 5 rings (SSSR count). The molecule has 0 fully saturated rings. The van der Waals surface area contributed by atoms with E-state index in [1.807, 2.05) is 0 Å². The number of anilines is 1. The molecule has 0 unspecified atom stereocenters. The molecule has 9 heteroatoms. The fourth-order valence-corrected chi connectivity index (χ4v) is 3.90. The number of alkyl halides is 3. The molecule has 0 bridgehead atoms. The quantitative estimate of drug-likeness (QED) is 0.348. The number of benzene rings is 2. The Hall–Kier alpha value is -4.40. The van der Waals surface area contributed by atoms with E-state index >= 15 is 0 Å². The molecule has 0 aliphatic carbocycles. The number of aromatic nitrogens is 3. The topological polar surface area (TPSA) is 105 Å². The molecule has 2 aromatic carbocycles. The number of aromatic amines is 1. The minimum atomic E-state index is -4.69. The summed E-state index contributed by atoms with van der Waals surface area (Å²) < 4.78 is 41.2. The van der Waals surface area contributed by atoms with Gasteiger partial charge in [-0.05, 0) is 29.7 Å². The molecular formula is C24H15F3N4O2. The van der Waals surface area contributed by atoms with Crippen molar-refractivity contribution in [3.8, 4) is 28.0 Å². The molecular weight excluding hydrogens is 433 g/mol. The van der Waals surface area contributed by atoms with Crippen LogP contribution in [0.1, 0.15) is 5.56 Å². The summed E-state index contributed by atoms with van der Waals surface area (Å²) in [7, 11) is 0. The average Bonchev–Trinajstić information content (AvgIpc) is 2.79. The van der Waals surface area contributed by atoms with Gasteiger partial charge >= 0.3 is 6.18 Å². The van der Waals surface area contributed by atoms with Crippen LogP contribution in [0.25, 0.3) is 43.9 Å². The highest BCUT2D eigenvalue weighted by Gasteiger charge is 2.32. The van der Waals surface area contributed by atoms with Crippen molar-refractivity contribution in [2.24, 2.45) is 0 Å². The smallest absolute Gasteiger partial charge is 0.416 e. The van der Waals surface area contributed by atoms with Gasteiger partial charge in [0.2, 0.25) is 0 Å². The number of nitrogens with two attached hydrogens (primary N) is 1. The van der Waals surface area contributed by atoms with Crippen molar-refractivity contribution in [1.29, 1.82) is 0 Å². The van der Waals surface area contributed by atoms with Gasteiger partial charge in [-0.15, -0.1) is 0 Å². The number of halogens is 3. The van der Waals surface area contributed by atoms with Crippen LogP contribution in [0.15, 0.2) is 71.9 Å². The van der Waals surface area contributed by atoms with Crippen molar-refractivity contribution in [3.05, 3.63) is 83.0 Å². The van der Waals surface area contributed by atoms with E-state index in [9.17, 15) is 23.1 Å². The summed E-state index contributed by atoms with van der Waals surface area (Å²) in [6.07, 6.45) is -0.383. The molecule has 4 N–H and O–H groups in total. The summed E-state index contributed by atoms with van der Waals surface area (Å²) in [6, 6.07) is 11.7. The van der Waals surface area contributed by atoms with Gasteiger partial charge in [0.25, 0.3) is 5.56 Å². The Balaban J connectivity index is 1.89. The first kappa shape index (κ1) is 20.5. The molecule has 0 amide bonds. The Labute approximate surface area is 184 Å². The molecule has 164 valence electrons. The van der Waals surface area contributed by atoms with Gasteiger partial charge in [0, 0.05) is 46.1 Å². The molecule has 3 aromatic heterocycles. The third-order valence-electron chi connectivity index (χ3n) is 5.46. The Morgan fingerprint density at radius 3 is 2.45 bits per heavy atom. The molecule has 0 radical (unpaired) electrons. The minimum Gasteiger partial charge on any atom is -0.506 e. The first-order chi connectivity index (χ1) is 15.7. The number of nitrogens with one attached hydrogen (secondary N) is 1. The maximum Gasteiger partial charge on any atom is 0.416 e. The number of nitrogen functional groups attached to an aromatic ring is 1. The van der Waals surface area contributed by atoms with Gasteiger partial charge < -0.3 is 15.8 Å². The van der Waals surface area contributed by atoms with Crippen LogP contribution < -0.4 is 11.3 Å². The number of nitrogens with zero attached hydrogens (tertiary/aromatic N) is 2. The van der Waals surface area contributed by atoms with Crippen LogP contribution in [0.3, 0.4) is 0 Å². The van der Waals surface area contributed by atoms with E-state index in [-0.39, 0.29) is 27.8 Å². The second kappa shape index (κ2) is 7.33. The predicted octanol–water partition coefficient (Wildman–Crippen LogP) is 5.11. The number of fused-ring (bicyclic) bond motifs is 2. The van der Waals surface area contributed by atoms with E-state index in [1.165, 1.54) is 24.5 Å². The van der Waals surface area contributed by atoms with Crippen LogP contribution in [-0.2, 0) is 6.18 Å². The van der Waals surface area contributed by atoms with Crippen LogP contribution in [0, 0.1) is 0 Å². The Kier molecular flexibility index (Phi) is 4.56. The van der Waals surface area contributed by atoms with Crippen molar-refractivity contribution in [3.63, 3.8) is 0 Å². The van der Waals surface area contributed by atoms with Crippen LogP contribution in [-0.4, -0.2) is 20.1 Å². The van der Waals surface area contributed by atoms with Gasteiger partial charge in [-0.3, -0.25) is 9.78 Å². The maximum absolute atomic E-state index is 13.7. The van der Waals surface area contributed by atoms with Gasteiger partial charge in [0.1, 0.15) is 11.6 Å². The predicted molar refractivity (Wildman–Crippen MR) is 120 cm³/mol. The molecule has 0 saturated heterocycles. The highest BCUT2D eigenvalue weighted by molar-refractivity contribution is 6.04. The first-order valence-electron chi connectivity index (χ1n) is 9.79. The Morgan fingerprint density at radius 1 is 0.939 bits per heavy atom. The average molecular weight is 448 g/mol.